The third-order valence-corrected chi connectivity index (χ3v) is 5.52. The van der Waals surface area contributed by atoms with Crippen molar-refractivity contribution in [2.24, 2.45) is 0 Å². The second-order valence-electron chi connectivity index (χ2n) is 6.59. The lowest BCUT2D eigenvalue weighted by atomic mass is 10.2. The molecule has 1 amide bonds. The zero-order valence-electron chi connectivity index (χ0n) is 15.7. The monoisotopic (exact) mass is 419 g/mol. The number of aryl methyl sites for hydroxylation is 1. The molecule has 4 rings (SSSR count). The minimum Gasteiger partial charge on any atom is -0.325 e. The standard InChI is InChI=1S/C23H18ClN3OS/c1-15-6-5-9-18(12-15)25-21(28)14-29-23-19-13-17(24)10-11-20(19)26-22(27-23)16-7-3-2-4-8-16/h2-13H,14H2,1H3,(H,25,28). The van der Waals surface area contributed by atoms with Gasteiger partial charge in [0.1, 0.15) is 5.03 Å². The zero-order valence-corrected chi connectivity index (χ0v) is 17.3. The summed E-state index contributed by atoms with van der Waals surface area (Å²) in [5.41, 5.74) is 3.61. The molecule has 3 aromatic carbocycles. The van der Waals surface area contributed by atoms with Crippen LogP contribution < -0.4 is 5.32 Å². The van der Waals surface area contributed by atoms with Crippen LogP contribution in [0.15, 0.2) is 77.8 Å². The highest BCUT2D eigenvalue weighted by Crippen LogP contribution is 2.30. The molecule has 0 aliphatic rings. The van der Waals surface area contributed by atoms with Crippen LogP contribution in [-0.4, -0.2) is 21.6 Å². The van der Waals surface area contributed by atoms with Crippen LogP contribution in [0.2, 0.25) is 5.02 Å². The fourth-order valence-corrected chi connectivity index (χ4v) is 3.93. The molecule has 0 bridgehead atoms. The van der Waals surface area contributed by atoms with Crippen molar-refractivity contribution < 1.29 is 4.79 Å². The molecule has 0 spiro atoms. The van der Waals surface area contributed by atoms with Gasteiger partial charge in [0.25, 0.3) is 0 Å². The molecule has 1 N–H and O–H groups in total. The third kappa shape index (κ3) is 4.75. The van der Waals surface area contributed by atoms with E-state index in [1.807, 2.05) is 79.7 Å². The quantitative estimate of drug-likeness (QED) is 0.319. The van der Waals surface area contributed by atoms with Gasteiger partial charge in [-0.3, -0.25) is 4.79 Å². The van der Waals surface area contributed by atoms with Crippen LogP contribution in [0, 0.1) is 6.92 Å². The van der Waals surface area contributed by atoms with Crippen LogP contribution in [0.25, 0.3) is 22.3 Å². The maximum Gasteiger partial charge on any atom is 0.234 e. The number of hydrogen-bond donors (Lipinski definition) is 1. The molecule has 0 fully saturated rings. The highest BCUT2D eigenvalue weighted by molar-refractivity contribution is 8.00. The molecule has 4 nitrogen and oxygen atoms in total. The van der Waals surface area contributed by atoms with Crippen LogP contribution in [0.3, 0.4) is 0 Å². The highest BCUT2D eigenvalue weighted by Gasteiger charge is 2.13. The van der Waals surface area contributed by atoms with Crippen molar-refractivity contribution in [2.75, 3.05) is 11.1 Å². The minimum absolute atomic E-state index is 0.0874. The Hall–Kier alpha value is -2.89. The number of benzene rings is 3. The van der Waals surface area contributed by atoms with E-state index in [1.54, 1.807) is 0 Å². The summed E-state index contributed by atoms with van der Waals surface area (Å²) >= 11 is 7.57. The Morgan fingerprint density at radius 3 is 2.62 bits per heavy atom. The molecule has 4 aromatic rings. The van der Waals surface area contributed by atoms with E-state index in [9.17, 15) is 4.79 Å². The van der Waals surface area contributed by atoms with Gasteiger partial charge in [0, 0.05) is 21.7 Å². The average Bonchev–Trinajstić information content (AvgIpc) is 2.72. The molecule has 6 heteroatoms. The van der Waals surface area contributed by atoms with Gasteiger partial charge in [-0.15, -0.1) is 0 Å². The number of rotatable bonds is 5. The Bertz CT molecular complexity index is 1180. The molecule has 1 aromatic heterocycles. The first-order valence-electron chi connectivity index (χ1n) is 9.10. The fourth-order valence-electron chi connectivity index (χ4n) is 2.95. The summed E-state index contributed by atoms with van der Waals surface area (Å²) in [7, 11) is 0. The van der Waals surface area contributed by atoms with Crippen LogP contribution in [0.4, 0.5) is 5.69 Å². The maximum atomic E-state index is 12.5. The number of hydrogen-bond acceptors (Lipinski definition) is 4. The molecular formula is C23H18ClN3OS. The van der Waals surface area contributed by atoms with Crippen molar-refractivity contribution in [3.05, 3.63) is 83.4 Å². The molecule has 0 saturated heterocycles. The summed E-state index contributed by atoms with van der Waals surface area (Å²) in [6, 6.07) is 23.1. The van der Waals surface area contributed by atoms with Gasteiger partial charge >= 0.3 is 0 Å². The van der Waals surface area contributed by atoms with Crippen LogP contribution in [0.1, 0.15) is 5.56 Å². The first-order valence-corrected chi connectivity index (χ1v) is 10.5. The number of amides is 1. The first-order chi connectivity index (χ1) is 14.1. The smallest absolute Gasteiger partial charge is 0.234 e. The van der Waals surface area contributed by atoms with Gasteiger partial charge < -0.3 is 5.32 Å². The van der Waals surface area contributed by atoms with E-state index in [0.717, 1.165) is 32.7 Å². The van der Waals surface area contributed by atoms with E-state index in [0.29, 0.717) is 10.8 Å². The second-order valence-corrected chi connectivity index (χ2v) is 7.99. The Balaban J connectivity index is 1.61. The summed E-state index contributed by atoms with van der Waals surface area (Å²) in [4.78, 5) is 21.8. The molecule has 0 aliphatic heterocycles. The van der Waals surface area contributed by atoms with Gasteiger partial charge in [0.2, 0.25) is 5.91 Å². The molecule has 0 radical (unpaired) electrons. The lowest BCUT2D eigenvalue weighted by Gasteiger charge is -2.10. The van der Waals surface area contributed by atoms with Crippen molar-refractivity contribution >= 4 is 45.9 Å². The van der Waals surface area contributed by atoms with E-state index >= 15 is 0 Å². The fraction of sp³-hybridized carbons (Fsp3) is 0.0870. The van der Waals surface area contributed by atoms with Crippen molar-refractivity contribution in [3.63, 3.8) is 0 Å². The lowest BCUT2D eigenvalue weighted by Crippen LogP contribution is -2.14. The van der Waals surface area contributed by atoms with Gasteiger partial charge in [-0.2, -0.15) is 0 Å². The second kappa shape index (κ2) is 8.64. The molecule has 29 heavy (non-hydrogen) atoms. The molecular weight excluding hydrogens is 402 g/mol. The van der Waals surface area contributed by atoms with E-state index in [1.165, 1.54) is 11.8 Å². The van der Waals surface area contributed by atoms with Crippen molar-refractivity contribution in [2.45, 2.75) is 11.9 Å². The van der Waals surface area contributed by atoms with E-state index in [4.69, 9.17) is 16.6 Å². The highest BCUT2D eigenvalue weighted by atomic mass is 35.5. The minimum atomic E-state index is -0.0874. The average molecular weight is 420 g/mol. The SMILES string of the molecule is Cc1cccc(NC(=O)CSc2nc(-c3ccccc3)nc3ccc(Cl)cc23)c1. The van der Waals surface area contributed by atoms with E-state index in [2.05, 4.69) is 10.3 Å². The predicted molar refractivity (Wildman–Crippen MR) is 121 cm³/mol. The molecule has 0 aliphatic carbocycles. The summed E-state index contributed by atoms with van der Waals surface area (Å²) in [6.45, 7) is 1.99. The van der Waals surface area contributed by atoms with Gasteiger partial charge in [0.15, 0.2) is 5.82 Å². The largest absolute Gasteiger partial charge is 0.325 e. The summed E-state index contributed by atoms with van der Waals surface area (Å²) in [6.07, 6.45) is 0. The molecule has 0 saturated carbocycles. The Kier molecular flexibility index (Phi) is 5.79. The molecule has 144 valence electrons. The van der Waals surface area contributed by atoms with E-state index < -0.39 is 0 Å². The summed E-state index contributed by atoms with van der Waals surface area (Å²) < 4.78 is 0. The molecule has 1 heterocycles. The number of thioether (sulfide) groups is 1. The number of nitrogens with one attached hydrogen (secondary N) is 1. The first kappa shape index (κ1) is 19.4. The summed E-state index contributed by atoms with van der Waals surface area (Å²) in [5, 5.41) is 5.11. The van der Waals surface area contributed by atoms with Gasteiger partial charge in [-0.05, 0) is 42.8 Å². The van der Waals surface area contributed by atoms with Crippen LogP contribution in [-0.2, 0) is 4.79 Å². The number of carbonyl (C=O) groups is 1. The van der Waals surface area contributed by atoms with Crippen molar-refractivity contribution in [1.82, 2.24) is 9.97 Å². The maximum absolute atomic E-state index is 12.5. The third-order valence-electron chi connectivity index (χ3n) is 4.30. The Labute approximate surface area is 178 Å². The number of halogens is 1. The number of nitrogens with zero attached hydrogens (tertiary/aromatic N) is 2. The molecule has 0 atom stereocenters. The van der Waals surface area contributed by atoms with Crippen LogP contribution in [0.5, 0.6) is 0 Å². The van der Waals surface area contributed by atoms with Gasteiger partial charge in [-0.1, -0.05) is 65.8 Å². The van der Waals surface area contributed by atoms with E-state index in [-0.39, 0.29) is 11.7 Å². The Morgan fingerprint density at radius 2 is 1.83 bits per heavy atom. The van der Waals surface area contributed by atoms with Crippen LogP contribution >= 0.6 is 23.4 Å². The van der Waals surface area contributed by atoms with Crippen molar-refractivity contribution in [1.29, 1.82) is 0 Å². The summed E-state index contributed by atoms with van der Waals surface area (Å²) in [5.74, 6) is 0.776. The normalized spacial score (nSPS) is 10.8. The Morgan fingerprint density at radius 1 is 1.00 bits per heavy atom. The molecule has 0 unspecified atom stereocenters. The van der Waals surface area contributed by atoms with Gasteiger partial charge in [0.05, 0.1) is 11.3 Å². The van der Waals surface area contributed by atoms with Gasteiger partial charge in [-0.25, -0.2) is 9.97 Å². The zero-order chi connectivity index (χ0) is 20.2. The lowest BCUT2D eigenvalue weighted by molar-refractivity contribution is -0.113. The number of carbonyl (C=O) groups excluding carboxylic acids is 1. The topological polar surface area (TPSA) is 54.9 Å². The number of anilines is 1. The van der Waals surface area contributed by atoms with Crippen molar-refractivity contribution in [3.8, 4) is 11.4 Å². The number of fused-ring (bicyclic) bond motifs is 1. The number of aromatic nitrogens is 2. The predicted octanol–water partition coefficient (Wildman–Crippen LogP) is 5.99.